The molecule has 18 heavy (non-hydrogen) atoms. The first-order chi connectivity index (χ1) is 8.54. The van der Waals surface area contributed by atoms with Gasteiger partial charge in [-0.15, -0.1) is 0 Å². The molecule has 0 aliphatic carbocycles. The van der Waals surface area contributed by atoms with Gasteiger partial charge in [-0.05, 0) is 0 Å². The van der Waals surface area contributed by atoms with Crippen molar-refractivity contribution in [2.75, 3.05) is 38.7 Å². The molecule has 1 aliphatic heterocycles. The zero-order chi connectivity index (χ0) is 13.5. The first kappa shape index (κ1) is 15.3. The van der Waals surface area contributed by atoms with E-state index in [4.69, 9.17) is 0 Å². The van der Waals surface area contributed by atoms with E-state index in [2.05, 4.69) is 10.6 Å². The number of carbonyl (C=O) groups excluding carboxylic acids is 2. The highest BCUT2D eigenvalue weighted by Gasteiger charge is 2.21. The molecule has 6 heteroatoms. The lowest BCUT2D eigenvalue weighted by atomic mass is 10.1. The highest BCUT2D eigenvalue weighted by atomic mass is 32.2. The maximum atomic E-state index is 12.0. The fraction of sp³-hybridized carbons (Fsp3) is 0.833. The average molecular weight is 273 g/mol. The van der Waals surface area contributed by atoms with Crippen LogP contribution in [-0.2, 0) is 9.59 Å². The van der Waals surface area contributed by atoms with E-state index in [9.17, 15) is 9.59 Å². The molecule has 2 N–H and O–H groups in total. The van der Waals surface area contributed by atoms with Crippen LogP contribution < -0.4 is 10.6 Å². The minimum Gasteiger partial charge on any atom is -0.359 e. The number of rotatable bonds is 5. The molecule has 1 rings (SSSR count). The predicted octanol–water partition coefficient (Wildman–Crippen LogP) is -0.0780. The SMILES string of the molecule is CNC(=O)C(C)CN(C)C(=O)CC1CSCCN1. The van der Waals surface area contributed by atoms with Gasteiger partial charge in [0.2, 0.25) is 11.8 Å². The van der Waals surface area contributed by atoms with Gasteiger partial charge in [0.25, 0.3) is 0 Å². The molecular formula is C12H23N3O2S. The molecule has 2 amide bonds. The first-order valence-electron chi connectivity index (χ1n) is 6.31. The molecular weight excluding hydrogens is 250 g/mol. The van der Waals surface area contributed by atoms with Gasteiger partial charge in [-0.3, -0.25) is 9.59 Å². The Hall–Kier alpha value is -0.750. The van der Waals surface area contributed by atoms with Crippen LogP contribution in [0.4, 0.5) is 0 Å². The molecule has 5 nitrogen and oxygen atoms in total. The number of thioether (sulfide) groups is 1. The van der Waals surface area contributed by atoms with Gasteiger partial charge in [0.1, 0.15) is 0 Å². The number of amides is 2. The largest absolute Gasteiger partial charge is 0.359 e. The monoisotopic (exact) mass is 273 g/mol. The molecule has 0 aromatic heterocycles. The van der Waals surface area contributed by atoms with E-state index in [1.165, 1.54) is 0 Å². The minimum atomic E-state index is -0.169. The van der Waals surface area contributed by atoms with E-state index in [1.54, 1.807) is 19.0 Å². The second kappa shape index (κ2) is 7.63. The minimum absolute atomic E-state index is 0.0269. The van der Waals surface area contributed by atoms with Crippen molar-refractivity contribution in [1.29, 1.82) is 0 Å². The molecule has 0 aromatic carbocycles. The molecule has 0 spiro atoms. The molecule has 2 atom stereocenters. The third-order valence-electron chi connectivity index (χ3n) is 3.09. The van der Waals surface area contributed by atoms with Crippen LogP contribution in [0.1, 0.15) is 13.3 Å². The number of nitrogens with one attached hydrogen (secondary N) is 2. The van der Waals surface area contributed by atoms with Crippen molar-refractivity contribution < 1.29 is 9.59 Å². The lowest BCUT2D eigenvalue weighted by molar-refractivity contribution is -0.132. The molecule has 1 saturated heterocycles. The van der Waals surface area contributed by atoms with Gasteiger partial charge >= 0.3 is 0 Å². The Balaban J connectivity index is 2.33. The molecule has 0 bridgehead atoms. The van der Waals surface area contributed by atoms with Crippen molar-refractivity contribution in [1.82, 2.24) is 15.5 Å². The Morgan fingerprint density at radius 2 is 2.28 bits per heavy atom. The van der Waals surface area contributed by atoms with Crippen LogP contribution in [0.2, 0.25) is 0 Å². The standard InChI is InChI=1S/C12H23N3O2S/c1-9(12(17)13-2)7-15(3)11(16)6-10-8-18-5-4-14-10/h9-10,14H,4-8H2,1-3H3,(H,13,17). The summed E-state index contributed by atoms with van der Waals surface area (Å²) >= 11 is 1.88. The normalized spacial score (nSPS) is 21.2. The molecule has 0 radical (unpaired) electrons. The van der Waals surface area contributed by atoms with Crippen LogP contribution >= 0.6 is 11.8 Å². The predicted molar refractivity (Wildman–Crippen MR) is 74.6 cm³/mol. The molecule has 0 saturated carbocycles. The maximum Gasteiger partial charge on any atom is 0.224 e. The van der Waals surface area contributed by atoms with Gasteiger partial charge in [0.15, 0.2) is 0 Å². The lowest BCUT2D eigenvalue weighted by Crippen LogP contribution is -2.43. The summed E-state index contributed by atoms with van der Waals surface area (Å²) in [5.41, 5.74) is 0. The van der Waals surface area contributed by atoms with Gasteiger partial charge < -0.3 is 15.5 Å². The number of carbonyl (C=O) groups is 2. The van der Waals surface area contributed by atoms with E-state index in [-0.39, 0.29) is 23.8 Å². The fourth-order valence-corrected chi connectivity index (χ4v) is 2.91. The summed E-state index contributed by atoms with van der Waals surface area (Å²) < 4.78 is 0. The second-order valence-corrected chi connectivity index (χ2v) is 5.87. The van der Waals surface area contributed by atoms with Crippen molar-refractivity contribution in [2.24, 2.45) is 5.92 Å². The summed E-state index contributed by atoms with van der Waals surface area (Å²) in [4.78, 5) is 25.1. The molecule has 104 valence electrons. The van der Waals surface area contributed by atoms with Gasteiger partial charge in [-0.25, -0.2) is 0 Å². The number of hydrogen-bond donors (Lipinski definition) is 2. The summed E-state index contributed by atoms with van der Waals surface area (Å²) in [7, 11) is 3.38. The molecule has 2 unspecified atom stereocenters. The van der Waals surface area contributed by atoms with Crippen molar-refractivity contribution in [3.05, 3.63) is 0 Å². The van der Waals surface area contributed by atoms with Gasteiger partial charge in [-0.2, -0.15) is 11.8 Å². The Labute approximate surface area is 113 Å². The quantitative estimate of drug-likeness (QED) is 0.736. The molecule has 0 aromatic rings. The molecule has 1 aliphatic rings. The smallest absolute Gasteiger partial charge is 0.224 e. The fourth-order valence-electron chi connectivity index (χ4n) is 1.96. The van der Waals surface area contributed by atoms with Crippen LogP contribution in [0, 0.1) is 5.92 Å². The zero-order valence-corrected chi connectivity index (χ0v) is 12.2. The first-order valence-corrected chi connectivity index (χ1v) is 7.46. The third-order valence-corrected chi connectivity index (χ3v) is 4.22. The topological polar surface area (TPSA) is 61.4 Å². The highest BCUT2D eigenvalue weighted by molar-refractivity contribution is 7.99. The molecule has 1 fully saturated rings. The summed E-state index contributed by atoms with van der Waals surface area (Å²) in [5, 5.41) is 5.94. The third kappa shape index (κ3) is 4.86. The summed E-state index contributed by atoms with van der Waals surface area (Å²) in [6, 6.07) is 0.272. The van der Waals surface area contributed by atoms with Crippen LogP contribution in [0.5, 0.6) is 0 Å². The van der Waals surface area contributed by atoms with Crippen molar-refractivity contribution in [3.63, 3.8) is 0 Å². The second-order valence-electron chi connectivity index (χ2n) is 4.72. The van der Waals surface area contributed by atoms with E-state index < -0.39 is 0 Å². The van der Waals surface area contributed by atoms with Crippen LogP contribution in [0.25, 0.3) is 0 Å². The summed E-state index contributed by atoms with van der Waals surface area (Å²) in [5.74, 6) is 2.02. The van der Waals surface area contributed by atoms with Gasteiger partial charge in [0.05, 0.1) is 5.92 Å². The number of nitrogens with zero attached hydrogens (tertiary/aromatic N) is 1. The highest BCUT2D eigenvalue weighted by Crippen LogP contribution is 2.11. The van der Waals surface area contributed by atoms with Gasteiger partial charge in [0, 0.05) is 51.2 Å². The van der Waals surface area contributed by atoms with E-state index >= 15 is 0 Å². The Kier molecular flexibility index (Phi) is 6.49. The van der Waals surface area contributed by atoms with Crippen molar-refractivity contribution in [3.8, 4) is 0 Å². The summed E-state index contributed by atoms with van der Waals surface area (Å²) in [6.45, 7) is 3.27. The van der Waals surface area contributed by atoms with E-state index in [1.807, 2.05) is 18.7 Å². The van der Waals surface area contributed by atoms with E-state index in [0.29, 0.717) is 13.0 Å². The Bertz CT molecular complexity index is 293. The average Bonchev–Trinajstić information content (AvgIpc) is 2.38. The van der Waals surface area contributed by atoms with Crippen molar-refractivity contribution >= 4 is 23.6 Å². The van der Waals surface area contributed by atoms with Crippen LogP contribution in [-0.4, -0.2) is 61.4 Å². The Morgan fingerprint density at radius 1 is 1.56 bits per heavy atom. The zero-order valence-electron chi connectivity index (χ0n) is 11.4. The molecule has 1 heterocycles. The maximum absolute atomic E-state index is 12.0. The number of hydrogen-bond acceptors (Lipinski definition) is 4. The lowest BCUT2D eigenvalue weighted by Gasteiger charge is -2.26. The summed E-state index contributed by atoms with van der Waals surface area (Å²) in [6.07, 6.45) is 0.518. The van der Waals surface area contributed by atoms with Crippen LogP contribution in [0.3, 0.4) is 0 Å². The van der Waals surface area contributed by atoms with Crippen molar-refractivity contribution in [2.45, 2.75) is 19.4 Å². The van der Waals surface area contributed by atoms with Crippen LogP contribution in [0.15, 0.2) is 0 Å². The van der Waals surface area contributed by atoms with Gasteiger partial charge in [-0.1, -0.05) is 6.92 Å². The van der Waals surface area contributed by atoms with E-state index in [0.717, 1.165) is 18.1 Å². The Morgan fingerprint density at radius 3 is 2.83 bits per heavy atom.